The summed E-state index contributed by atoms with van der Waals surface area (Å²) in [4.78, 5) is 22.3. The highest BCUT2D eigenvalue weighted by Crippen LogP contribution is 2.33. The van der Waals surface area contributed by atoms with Crippen molar-refractivity contribution < 1.29 is 9.13 Å². The monoisotopic (exact) mass is 520 g/mol. The molecule has 2 N–H and O–H groups in total. The zero-order valence-electron chi connectivity index (χ0n) is 21.4. The highest BCUT2D eigenvalue weighted by atomic mass is 19.1. The number of nitrogen functional groups attached to an aromatic ring is 1. The second kappa shape index (κ2) is 9.68. The molecular weight excluding hydrogens is 495 g/mol. The molecule has 194 valence electrons. The number of nitrogens with zero attached hydrogens (tertiary/aromatic N) is 5. The molecule has 3 aromatic carbocycles. The Bertz CT molecular complexity index is 1900. The standard InChI is InChI=1S/C30H25FN6O2/c1-18(2)39-25-13-12-20(15-24(25)31)27-26-28(32)33-17-34-29(26)36(35-27)16-22-14-19-8-6-7-11-23(19)30(38)37(22)21-9-4-3-5-10-21/h3-15,17-18H,16H2,1-2H3,(H2,32,33,34). The number of hydrogen-bond donors (Lipinski definition) is 1. The Kier molecular flexibility index (Phi) is 6.03. The van der Waals surface area contributed by atoms with E-state index in [1.54, 1.807) is 21.4 Å². The summed E-state index contributed by atoms with van der Waals surface area (Å²) in [6.07, 6.45) is 1.20. The molecule has 6 aromatic rings. The van der Waals surface area contributed by atoms with Gasteiger partial charge in [-0.2, -0.15) is 5.10 Å². The van der Waals surface area contributed by atoms with E-state index >= 15 is 0 Å². The summed E-state index contributed by atoms with van der Waals surface area (Å²) in [5, 5.41) is 6.74. The van der Waals surface area contributed by atoms with Crippen LogP contribution in [0.2, 0.25) is 0 Å². The van der Waals surface area contributed by atoms with Gasteiger partial charge in [0.15, 0.2) is 17.2 Å². The van der Waals surface area contributed by atoms with Gasteiger partial charge in [-0.05, 0) is 61.7 Å². The molecule has 0 spiro atoms. The second-order valence-corrected chi connectivity index (χ2v) is 9.47. The normalized spacial score (nSPS) is 11.5. The third-order valence-corrected chi connectivity index (χ3v) is 6.46. The Labute approximate surface area is 223 Å². The Hall–Kier alpha value is -5.05. The molecule has 9 heteroatoms. The van der Waals surface area contributed by atoms with Gasteiger partial charge in [-0.3, -0.25) is 9.36 Å². The minimum atomic E-state index is -0.508. The van der Waals surface area contributed by atoms with Crippen molar-refractivity contribution in [1.82, 2.24) is 24.3 Å². The van der Waals surface area contributed by atoms with Crippen LogP contribution in [-0.2, 0) is 6.54 Å². The molecule has 0 bridgehead atoms. The summed E-state index contributed by atoms with van der Waals surface area (Å²) in [5.41, 5.74) is 8.99. The molecule has 0 amide bonds. The van der Waals surface area contributed by atoms with Gasteiger partial charge in [0.05, 0.1) is 18.0 Å². The molecule has 0 radical (unpaired) electrons. The molecule has 0 aliphatic rings. The number of rotatable bonds is 6. The molecule has 0 aliphatic heterocycles. The van der Waals surface area contributed by atoms with Crippen molar-refractivity contribution in [1.29, 1.82) is 0 Å². The van der Waals surface area contributed by atoms with Crippen LogP contribution in [0, 0.1) is 5.82 Å². The number of para-hydroxylation sites is 1. The topological polar surface area (TPSA) is 101 Å². The zero-order valence-corrected chi connectivity index (χ0v) is 21.4. The average molecular weight is 521 g/mol. The molecule has 39 heavy (non-hydrogen) atoms. The van der Waals surface area contributed by atoms with Crippen molar-refractivity contribution in [2.24, 2.45) is 0 Å². The highest BCUT2D eigenvalue weighted by Gasteiger charge is 2.20. The smallest absolute Gasteiger partial charge is 0.263 e. The van der Waals surface area contributed by atoms with Crippen molar-refractivity contribution in [3.8, 4) is 22.7 Å². The van der Waals surface area contributed by atoms with Crippen LogP contribution in [0.1, 0.15) is 19.5 Å². The van der Waals surface area contributed by atoms with Gasteiger partial charge in [0.1, 0.15) is 17.8 Å². The number of halogens is 1. The number of pyridine rings is 1. The number of anilines is 1. The van der Waals surface area contributed by atoms with Gasteiger partial charge in [-0.1, -0.05) is 36.4 Å². The largest absolute Gasteiger partial charge is 0.488 e. The quantitative estimate of drug-likeness (QED) is 0.318. The summed E-state index contributed by atoms with van der Waals surface area (Å²) >= 11 is 0. The molecule has 0 aliphatic carbocycles. The summed E-state index contributed by atoms with van der Waals surface area (Å²) in [6.45, 7) is 3.88. The first-order valence-corrected chi connectivity index (χ1v) is 12.5. The third kappa shape index (κ3) is 4.37. The molecule has 0 saturated carbocycles. The minimum absolute atomic E-state index is 0.136. The van der Waals surface area contributed by atoms with Crippen molar-refractivity contribution in [2.75, 3.05) is 5.73 Å². The molecule has 0 unspecified atom stereocenters. The Morgan fingerprint density at radius 2 is 1.74 bits per heavy atom. The van der Waals surface area contributed by atoms with Crippen LogP contribution in [0.4, 0.5) is 10.2 Å². The summed E-state index contributed by atoms with van der Waals surface area (Å²) in [6, 6.07) is 23.6. The SMILES string of the molecule is CC(C)Oc1ccc(-c2nn(Cc3cc4ccccc4c(=O)n3-c3ccccc3)c3ncnc(N)c23)cc1F. The first-order valence-electron chi connectivity index (χ1n) is 12.5. The van der Waals surface area contributed by atoms with E-state index < -0.39 is 5.82 Å². The number of hydrogen-bond acceptors (Lipinski definition) is 6. The van der Waals surface area contributed by atoms with Crippen LogP contribution in [0.15, 0.2) is 90.0 Å². The van der Waals surface area contributed by atoms with E-state index in [4.69, 9.17) is 15.6 Å². The van der Waals surface area contributed by atoms with Gasteiger partial charge >= 0.3 is 0 Å². The van der Waals surface area contributed by atoms with Gasteiger partial charge in [0.2, 0.25) is 0 Å². The van der Waals surface area contributed by atoms with Crippen molar-refractivity contribution in [2.45, 2.75) is 26.5 Å². The fraction of sp³-hybridized carbons (Fsp3) is 0.133. The van der Waals surface area contributed by atoms with E-state index in [-0.39, 0.29) is 29.8 Å². The predicted molar refractivity (Wildman–Crippen MR) is 150 cm³/mol. The lowest BCUT2D eigenvalue weighted by molar-refractivity contribution is 0.231. The van der Waals surface area contributed by atoms with E-state index in [2.05, 4.69) is 9.97 Å². The average Bonchev–Trinajstić information content (AvgIpc) is 3.30. The first kappa shape index (κ1) is 24.3. The van der Waals surface area contributed by atoms with Crippen molar-refractivity contribution in [3.63, 3.8) is 0 Å². The van der Waals surface area contributed by atoms with Gasteiger partial charge in [-0.15, -0.1) is 0 Å². The number of nitrogens with two attached hydrogens (primary N) is 1. The lowest BCUT2D eigenvalue weighted by Crippen LogP contribution is -2.23. The van der Waals surface area contributed by atoms with Gasteiger partial charge < -0.3 is 10.5 Å². The molecule has 0 fully saturated rings. The maximum Gasteiger partial charge on any atom is 0.263 e. The molecule has 6 rings (SSSR count). The predicted octanol–water partition coefficient (Wildman–Crippen LogP) is 5.35. The fourth-order valence-corrected chi connectivity index (χ4v) is 4.78. The maximum atomic E-state index is 14.9. The lowest BCUT2D eigenvalue weighted by atomic mass is 10.1. The van der Waals surface area contributed by atoms with Gasteiger partial charge in [0.25, 0.3) is 5.56 Å². The molecule has 3 heterocycles. The van der Waals surface area contributed by atoms with Crippen LogP contribution in [0.25, 0.3) is 38.8 Å². The number of fused-ring (bicyclic) bond motifs is 2. The van der Waals surface area contributed by atoms with Crippen LogP contribution < -0.4 is 16.0 Å². The molecule has 8 nitrogen and oxygen atoms in total. The summed E-state index contributed by atoms with van der Waals surface area (Å²) in [5.74, 6) is -0.125. The van der Waals surface area contributed by atoms with Crippen LogP contribution >= 0.6 is 0 Å². The van der Waals surface area contributed by atoms with E-state index in [0.29, 0.717) is 33.4 Å². The van der Waals surface area contributed by atoms with E-state index in [9.17, 15) is 9.18 Å². The molecular formula is C30H25FN6O2. The van der Waals surface area contributed by atoms with Crippen molar-refractivity contribution in [3.05, 3.63) is 107 Å². The summed E-state index contributed by atoms with van der Waals surface area (Å²) < 4.78 is 23.8. The van der Waals surface area contributed by atoms with Gasteiger partial charge in [0, 0.05) is 22.3 Å². The van der Waals surface area contributed by atoms with Gasteiger partial charge in [-0.25, -0.2) is 19.0 Å². The minimum Gasteiger partial charge on any atom is -0.488 e. The van der Waals surface area contributed by atoms with Crippen LogP contribution in [0.3, 0.4) is 0 Å². The first-order chi connectivity index (χ1) is 18.9. The maximum absolute atomic E-state index is 14.9. The Morgan fingerprint density at radius 1 is 0.974 bits per heavy atom. The van der Waals surface area contributed by atoms with Crippen LogP contribution in [-0.4, -0.2) is 30.4 Å². The second-order valence-electron chi connectivity index (χ2n) is 9.47. The Balaban J connectivity index is 1.54. The summed E-state index contributed by atoms with van der Waals surface area (Å²) in [7, 11) is 0. The number of ether oxygens (including phenoxy) is 1. The number of benzene rings is 3. The van der Waals surface area contributed by atoms with Crippen molar-refractivity contribution >= 4 is 27.6 Å². The zero-order chi connectivity index (χ0) is 27.1. The van der Waals surface area contributed by atoms with E-state index in [1.807, 2.05) is 74.5 Å². The molecule has 3 aromatic heterocycles. The van der Waals surface area contributed by atoms with E-state index in [1.165, 1.54) is 12.4 Å². The molecule has 0 saturated heterocycles. The number of aromatic nitrogens is 5. The third-order valence-electron chi connectivity index (χ3n) is 6.46. The molecule has 0 atom stereocenters. The van der Waals surface area contributed by atoms with E-state index in [0.717, 1.165) is 11.1 Å². The highest BCUT2D eigenvalue weighted by molar-refractivity contribution is 5.98. The lowest BCUT2D eigenvalue weighted by Gasteiger charge is -2.15. The fourth-order valence-electron chi connectivity index (χ4n) is 4.78. The van der Waals surface area contributed by atoms with Crippen LogP contribution in [0.5, 0.6) is 5.75 Å². The Morgan fingerprint density at radius 3 is 2.51 bits per heavy atom.